The van der Waals surface area contributed by atoms with E-state index in [4.69, 9.17) is 9.94 Å². The fourth-order valence-corrected chi connectivity index (χ4v) is 2.42. The first kappa shape index (κ1) is 24.1. The first-order valence-corrected chi connectivity index (χ1v) is 9.52. The quantitative estimate of drug-likeness (QED) is 0.182. The molecule has 0 atom stereocenters. The van der Waals surface area contributed by atoms with Crippen molar-refractivity contribution in [2.75, 3.05) is 5.32 Å². The lowest BCUT2D eigenvalue weighted by atomic mass is 10.1. The Morgan fingerprint density at radius 1 is 1.07 bits per heavy atom. The van der Waals surface area contributed by atoms with Crippen molar-refractivity contribution in [1.82, 2.24) is 10.8 Å². The monoisotopic (exact) mass is 407 g/mol. The molecule has 0 aliphatic heterocycles. The molecule has 0 spiro atoms. The number of hydroxylamine groups is 1. The lowest BCUT2D eigenvalue weighted by molar-refractivity contribution is -0.145. The molecule has 0 saturated heterocycles. The third-order valence-corrected chi connectivity index (χ3v) is 4.15. The number of amides is 3. The van der Waals surface area contributed by atoms with Crippen LogP contribution in [-0.2, 0) is 25.7 Å². The molecular formula is C20H29N3O6. The SMILES string of the molecule is CC(C)(OC(=O)NCc1ccc(NC(=O)CCCCCCC=O)cc1)C(=O)NO. The predicted octanol–water partition coefficient (Wildman–Crippen LogP) is 2.67. The van der Waals surface area contributed by atoms with Gasteiger partial charge in [-0.2, -0.15) is 0 Å². The number of rotatable bonds is 12. The summed E-state index contributed by atoms with van der Waals surface area (Å²) in [6.07, 6.45) is 4.60. The molecule has 160 valence electrons. The molecule has 0 fully saturated rings. The minimum Gasteiger partial charge on any atom is -0.433 e. The standard InChI is InChI=1S/C20H29N3O6/c1-20(2,18(26)23-28)29-19(27)21-14-15-9-11-16(12-10-15)22-17(25)8-6-4-3-5-7-13-24/h9-13,28H,3-8,14H2,1-2H3,(H,21,27)(H,22,25)(H,23,26). The van der Waals surface area contributed by atoms with Gasteiger partial charge in [0.05, 0.1) is 0 Å². The number of hydrogen-bond donors (Lipinski definition) is 4. The van der Waals surface area contributed by atoms with E-state index in [1.165, 1.54) is 19.3 Å². The van der Waals surface area contributed by atoms with Gasteiger partial charge in [0, 0.05) is 25.1 Å². The Hall–Kier alpha value is -2.94. The van der Waals surface area contributed by atoms with E-state index >= 15 is 0 Å². The van der Waals surface area contributed by atoms with Gasteiger partial charge in [-0.05, 0) is 44.4 Å². The van der Waals surface area contributed by atoms with Gasteiger partial charge >= 0.3 is 6.09 Å². The van der Waals surface area contributed by atoms with Crippen molar-refractivity contribution in [2.24, 2.45) is 0 Å². The van der Waals surface area contributed by atoms with Crippen molar-refractivity contribution >= 4 is 29.9 Å². The van der Waals surface area contributed by atoms with Gasteiger partial charge in [0.2, 0.25) is 5.91 Å². The molecule has 0 radical (unpaired) electrons. The maximum Gasteiger partial charge on any atom is 0.408 e. The number of alkyl carbamates (subject to hydrolysis) is 1. The zero-order valence-electron chi connectivity index (χ0n) is 16.8. The zero-order valence-corrected chi connectivity index (χ0v) is 16.8. The number of unbranched alkanes of at least 4 members (excludes halogenated alkanes) is 4. The second-order valence-electron chi connectivity index (χ2n) is 7.06. The molecule has 9 nitrogen and oxygen atoms in total. The number of hydrogen-bond acceptors (Lipinski definition) is 6. The van der Waals surface area contributed by atoms with Crippen molar-refractivity contribution in [3.05, 3.63) is 29.8 Å². The van der Waals surface area contributed by atoms with E-state index < -0.39 is 17.6 Å². The maximum atomic E-state index is 11.9. The van der Waals surface area contributed by atoms with Gasteiger partial charge in [0.25, 0.3) is 5.91 Å². The average Bonchev–Trinajstić information content (AvgIpc) is 2.69. The van der Waals surface area contributed by atoms with Crippen LogP contribution in [0, 0.1) is 0 Å². The highest BCUT2D eigenvalue weighted by Gasteiger charge is 2.31. The topological polar surface area (TPSA) is 134 Å². The molecule has 3 amide bonds. The van der Waals surface area contributed by atoms with Crippen LogP contribution in [0.3, 0.4) is 0 Å². The Kier molecular flexibility index (Phi) is 10.4. The van der Waals surface area contributed by atoms with E-state index in [1.807, 2.05) is 0 Å². The van der Waals surface area contributed by atoms with Gasteiger partial charge in [-0.25, -0.2) is 10.3 Å². The molecule has 0 aromatic heterocycles. The van der Waals surface area contributed by atoms with Gasteiger partial charge in [0.15, 0.2) is 5.60 Å². The largest absolute Gasteiger partial charge is 0.433 e. The average molecular weight is 407 g/mol. The summed E-state index contributed by atoms with van der Waals surface area (Å²) in [4.78, 5) is 45.3. The smallest absolute Gasteiger partial charge is 0.408 e. The van der Waals surface area contributed by atoms with Crippen LogP contribution in [0.1, 0.15) is 57.9 Å². The van der Waals surface area contributed by atoms with Gasteiger partial charge in [-0.15, -0.1) is 0 Å². The highest BCUT2D eigenvalue weighted by Crippen LogP contribution is 2.12. The Morgan fingerprint density at radius 2 is 1.72 bits per heavy atom. The van der Waals surface area contributed by atoms with E-state index in [0.29, 0.717) is 18.5 Å². The molecule has 1 rings (SSSR count). The number of carbonyl (C=O) groups excluding carboxylic acids is 4. The van der Waals surface area contributed by atoms with Gasteiger partial charge in [0.1, 0.15) is 6.29 Å². The molecule has 0 unspecified atom stereocenters. The molecule has 0 heterocycles. The molecule has 0 aliphatic rings. The molecule has 9 heteroatoms. The van der Waals surface area contributed by atoms with E-state index in [2.05, 4.69) is 10.6 Å². The van der Waals surface area contributed by atoms with E-state index in [-0.39, 0.29) is 12.5 Å². The first-order chi connectivity index (χ1) is 13.8. The van der Waals surface area contributed by atoms with Crippen LogP contribution in [0.5, 0.6) is 0 Å². The van der Waals surface area contributed by atoms with Crippen LogP contribution in [-0.4, -0.2) is 35.0 Å². The van der Waals surface area contributed by atoms with Crippen LogP contribution in [0.2, 0.25) is 0 Å². The van der Waals surface area contributed by atoms with Crippen LogP contribution < -0.4 is 16.1 Å². The fourth-order valence-electron chi connectivity index (χ4n) is 2.42. The molecule has 29 heavy (non-hydrogen) atoms. The Labute approximate surface area is 170 Å². The van der Waals surface area contributed by atoms with Crippen molar-refractivity contribution in [3.8, 4) is 0 Å². The highest BCUT2D eigenvalue weighted by atomic mass is 16.6. The Morgan fingerprint density at radius 3 is 2.34 bits per heavy atom. The summed E-state index contributed by atoms with van der Waals surface area (Å²) in [6.45, 7) is 2.87. The molecule has 1 aromatic carbocycles. The third-order valence-electron chi connectivity index (χ3n) is 4.15. The van der Waals surface area contributed by atoms with Gasteiger partial charge < -0.3 is 20.2 Å². The summed E-state index contributed by atoms with van der Waals surface area (Å²) in [5.74, 6) is -0.909. The van der Waals surface area contributed by atoms with Gasteiger partial charge in [-0.1, -0.05) is 25.0 Å². The van der Waals surface area contributed by atoms with E-state index in [1.54, 1.807) is 24.3 Å². The maximum absolute atomic E-state index is 11.9. The Balaban J connectivity index is 2.34. The van der Waals surface area contributed by atoms with Crippen LogP contribution in [0.25, 0.3) is 0 Å². The van der Waals surface area contributed by atoms with E-state index in [0.717, 1.165) is 37.5 Å². The summed E-state index contributed by atoms with van der Waals surface area (Å²) >= 11 is 0. The Bertz CT molecular complexity index is 688. The molecule has 0 bridgehead atoms. The fraction of sp³-hybridized carbons (Fsp3) is 0.500. The minimum absolute atomic E-state index is 0.0702. The van der Waals surface area contributed by atoms with Crippen molar-refractivity contribution < 1.29 is 29.1 Å². The number of ether oxygens (including phenoxy) is 1. The second-order valence-corrected chi connectivity index (χ2v) is 7.06. The van der Waals surface area contributed by atoms with Crippen molar-refractivity contribution in [2.45, 2.75) is 64.5 Å². The third kappa shape index (κ3) is 9.70. The lowest BCUT2D eigenvalue weighted by Crippen LogP contribution is -2.46. The molecule has 0 saturated carbocycles. The number of anilines is 1. The minimum atomic E-state index is -1.51. The van der Waals surface area contributed by atoms with Crippen LogP contribution >= 0.6 is 0 Å². The molecule has 1 aromatic rings. The summed E-state index contributed by atoms with van der Waals surface area (Å²) in [5, 5.41) is 13.9. The zero-order chi connectivity index (χ0) is 21.7. The normalized spacial score (nSPS) is 10.7. The number of carbonyl (C=O) groups is 4. The predicted molar refractivity (Wildman–Crippen MR) is 106 cm³/mol. The van der Waals surface area contributed by atoms with Crippen molar-refractivity contribution in [3.63, 3.8) is 0 Å². The highest BCUT2D eigenvalue weighted by molar-refractivity contribution is 5.90. The van der Waals surface area contributed by atoms with Crippen LogP contribution in [0.15, 0.2) is 24.3 Å². The lowest BCUT2D eigenvalue weighted by Gasteiger charge is -2.22. The number of benzene rings is 1. The van der Waals surface area contributed by atoms with Gasteiger partial charge in [-0.3, -0.25) is 14.8 Å². The van der Waals surface area contributed by atoms with Crippen LogP contribution in [0.4, 0.5) is 10.5 Å². The summed E-state index contributed by atoms with van der Waals surface area (Å²) < 4.78 is 4.96. The first-order valence-electron chi connectivity index (χ1n) is 9.52. The van der Waals surface area contributed by atoms with E-state index in [9.17, 15) is 19.2 Å². The molecule has 4 N–H and O–H groups in total. The summed E-state index contributed by atoms with van der Waals surface area (Å²) in [6, 6.07) is 6.96. The summed E-state index contributed by atoms with van der Waals surface area (Å²) in [5.41, 5.74) is 1.36. The van der Waals surface area contributed by atoms with Crippen molar-refractivity contribution in [1.29, 1.82) is 0 Å². The second kappa shape index (κ2) is 12.5. The molecular weight excluding hydrogens is 378 g/mol. The number of aldehydes is 1. The summed E-state index contributed by atoms with van der Waals surface area (Å²) in [7, 11) is 0. The number of nitrogens with one attached hydrogen (secondary N) is 3. The molecule has 0 aliphatic carbocycles.